The van der Waals surface area contributed by atoms with Crippen LogP contribution in [0.3, 0.4) is 0 Å². The van der Waals surface area contributed by atoms with Crippen LogP contribution in [0, 0.1) is 0 Å². The second-order valence-electron chi connectivity index (χ2n) is 4.59. The van der Waals surface area contributed by atoms with Gasteiger partial charge in [0.15, 0.2) is 5.13 Å². The lowest BCUT2D eigenvalue weighted by Gasteiger charge is -2.09. The van der Waals surface area contributed by atoms with E-state index in [0.29, 0.717) is 10.8 Å². The van der Waals surface area contributed by atoms with Crippen molar-refractivity contribution in [3.8, 4) is 0 Å². The molecule has 1 aromatic heterocycles. The minimum atomic E-state index is -0.112. The Labute approximate surface area is 132 Å². The molecule has 0 radical (unpaired) electrons. The average molecular weight is 325 g/mol. The predicted molar refractivity (Wildman–Crippen MR) is 91.1 cm³/mol. The van der Waals surface area contributed by atoms with Gasteiger partial charge < -0.3 is 15.8 Å². The number of aromatic nitrogens is 1. The predicted octanol–water partition coefficient (Wildman–Crippen LogP) is 2.98. The monoisotopic (exact) mass is 325 g/mol. The van der Waals surface area contributed by atoms with E-state index in [4.69, 9.17) is 10.5 Å². The second-order valence-corrected chi connectivity index (χ2v) is 7.07. The number of nitrogens with two attached hydrogens (primary N) is 1. The third-order valence-electron chi connectivity index (χ3n) is 2.87. The van der Waals surface area contributed by atoms with Crippen LogP contribution in [0.2, 0.25) is 0 Å². The Morgan fingerprint density at radius 1 is 1.57 bits per heavy atom. The number of thiazole rings is 1. The molecule has 1 atom stereocenters. The van der Waals surface area contributed by atoms with Gasteiger partial charge in [-0.1, -0.05) is 11.3 Å². The van der Waals surface area contributed by atoms with Crippen LogP contribution in [0.1, 0.15) is 13.3 Å². The number of anilines is 2. The van der Waals surface area contributed by atoms with Gasteiger partial charge in [0.05, 0.1) is 15.5 Å². The van der Waals surface area contributed by atoms with Crippen LogP contribution >= 0.6 is 23.1 Å². The van der Waals surface area contributed by atoms with E-state index in [9.17, 15) is 4.79 Å². The first-order chi connectivity index (χ1) is 10.1. The zero-order valence-electron chi connectivity index (χ0n) is 12.1. The Morgan fingerprint density at radius 2 is 2.38 bits per heavy atom. The van der Waals surface area contributed by atoms with E-state index in [0.717, 1.165) is 29.0 Å². The summed E-state index contributed by atoms with van der Waals surface area (Å²) in [6, 6.07) is 5.53. The van der Waals surface area contributed by atoms with Gasteiger partial charge in [-0.25, -0.2) is 4.98 Å². The van der Waals surface area contributed by atoms with Crippen LogP contribution in [0.5, 0.6) is 0 Å². The zero-order valence-corrected chi connectivity index (χ0v) is 13.7. The molecule has 0 saturated heterocycles. The number of nitrogen functional groups attached to an aromatic ring is 1. The average Bonchev–Trinajstić information content (AvgIpc) is 2.84. The minimum absolute atomic E-state index is 0.0237. The Bertz CT molecular complexity index is 615. The van der Waals surface area contributed by atoms with Crippen LogP contribution in [0.4, 0.5) is 10.8 Å². The molecule has 0 aliphatic carbocycles. The molecule has 1 unspecified atom stereocenters. The van der Waals surface area contributed by atoms with E-state index in [1.807, 2.05) is 25.1 Å². The third kappa shape index (κ3) is 4.59. The summed E-state index contributed by atoms with van der Waals surface area (Å²) in [5.41, 5.74) is 7.29. The SMILES string of the molecule is COCCCSC(C)C(=O)Nc1nc2ccc(N)cc2s1. The Balaban J connectivity index is 1.91. The molecular formula is C14H19N3O2S2. The van der Waals surface area contributed by atoms with Crippen molar-refractivity contribution in [3.63, 3.8) is 0 Å². The number of carbonyl (C=O) groups excluding carboxylic acids is 1. The van der Waals surface area contributed by atoms with Gasteiger partial charge in [-0.2, -0.15) is 0 Å². The van der Waals surface area contributed by atoms with Crippen molar-refractivity contribution in [3.05, 3.63) is 18.2 Å². The molecule has 1 heterocycles. The number of nitrogens with one attached hydrogen (secondary N) is 1. The summed E-state index contributed by atoms with van der Waals surface area (Å²) in [7, 11) is 1.68. The Morgan fingerprint density at radius 3 is 3.14 bits per heavy atom. The van der Waals surface area contributed by atoms with E-state index < -0.39 is 0 Å². The molecule has 2 aromatic rings. The van der Waals surface area contributed by atoms with Crippen molar-refractivity contribution in [1.82, 2.24) is 4.98 Å². The van der Waals surface area contributed by atoms with Gasteiger partial charge in [0.1, 0.15) is 0 Å². The maximum Gasteiger partial charge on any atom is 0.238 e. The van der Waals surface area contributed by atoms with Crippen LogP contribution in [0.15, 0.2) is 18.2 Å². The number of hydrogen-bond donors (Lipinski definition) is 2. The number of carbonyl (C=O) groups is 1. The van der Waals surface area contributed by atoms with E-state index in [1.54, 1.807) is 18.9 Å². The first kappa shape index (κ1) is 16.1. The maximum atomic E-state index is 12.1. The number of thioether (sulfide) groups is 1. The summed E-state index contributed by atoms with van der Waals surface area (Å²) in [5, 5.41) is 3.37. The van der Waals surface area contributed by atoms with Crippen molar-refractivity contribution in [2.45, 2.75) is 18.6 Å². The standard InChI is InChI=1S/C14H19N3O2S2/c1-9(20-7-3-6-19-2)13(18)17-14-16-11-5-4-10(15)8-12(11)21-14/h4-5,8-9H,3,6-7,15H2,1-2H3,(H,16,17,18). The van der Waals surface area contributed by atoms with Gasteiger partial charge in [-0.05, 0) is 37.3 Å². The highest BCUT2D eigenvalue weighted by atomic mass is 32.2. The number of nitrogens with zero attached hydrogens (tertiary/aromatic N) is 1. The Hall–Kier alpha value is -1.31. The first-order valence-corrected chi connectivity index (χ1v) is 8.54. The van der Waals surface area contributed by atoms with Crippen molar-refractivity contribution in [2.75, 3.05) is 30.5 Å². The molecule has 7 heteroatoms. The number of ether oxygens (including phenoxy) is 1. The number of methoxy groups -OCH3 is 1. The summed E-state index contributed by atoms with van der Waals surface area (Å²) in [6.07, 6.45) is 0.944. The van der Waals surface area contributed by atoms with Crippen LogP contribution in [0.25, 0.3) is 10.2 Å². The number of amides is 1. The van der Waals surface area contributed by atoms with E-state index >= 15 is 0 Å². The lowest BCUT2D eigenvalue weighted by atomic mass is 10.3. The van der Waals surface area contributed by atoms with Gasteiger partial charge in [0, 0.05) is 19.4 Å². The van der Waals surface area contributed by atoms with Crippen molar-refractivity contribution >= 4 is 50.0 Å². The fraction of sp³-hybridized carbons (Fsp3) is 0.429. The van der Waals surface area contributed by atoms with Crippen LogP contribution < -0.4 is 11.1 Å². The fourth-order valence-corrected chi connectivity index (χ4v) is 3.51. The molecule has 114 valence electrons. The molecule has 0 aliphatic heterocycles. The molecule has 3 N–H and O–H groups in total. The second kappa shape index (κ2) is 7.63. The van der Waals surface area contributed by atoms with Crippen LogP contribution in [-0.4, -0.2) is 35.6 Å². The normalized spacial score (nSPS) is 12.5. The molecule has 2 rings (SSSR count). The Kier molecular flexibility index (Phi) is 5.84. The van der Waals surface area contributed by atoms with E-state index in [-0.39, 0.29) is 11.2 Å². The van der Waals surface area contributed by atoms with Crippen molar-refractivity contribution < 1.29 is 9.53 Å². The van der Waals surface area contributed by atoms with Gasteiger partial charge in [-0.3, -0.25) is 4.79 Å². The van der Waals surface area contributed by atoms with Gasteiger partial charge in [0.25, 0.3) is 0 Å². The summed E-state index contributed by atoms with van der Waals surface area (Å²) in [4.78, 5) is 16.5. The summed E-state index contributed by atoms with van der Waals surface area (Å²) >= 11 is 3.05. The molecule has 0 bridgehead atoms. The third-order valence-corrected chi connectivity index (χ3v) is 5.04. The summed E-state index contributed by atoms with van der Waals surface area (Å²) in [6.45, 7) is 2.62. The number of benzene rings is 1. The highest BCUT2D eigenvalue weighted by Gasteiger charge is 2.15. The van der Waals surface area contributed by atoms with Gasteiger partial charge >= 0.3 is 0 Å². The number of rotatable bonds is 7. The molecule has 21 heavy (non-hydrogen) atoms. The van der Waals surface area contributed by atoms with Gasteiger partial charge in [-0.15, -0.1) is 11.8 Å². The smallest absolute Gasteiger partial charge is 0.238 e. The molecule has 1 amide bonds. The highest BCUT2D eigenvalue weighted by Crippen LogP contribution is 2.28. The molecular weight excluding hydrogens is 306 g/mol. The molecule has 0 aliphatic rings. The zero-order chi connectivity index (χ0) is 15.2. The molecule has 0 spiro atoms. The molecule has 1 aromatic carbocycles. The van der Waals surface area contributed by atoms with Crippen molar-refractivity contribution in [1.29, 1.82) is 0 Å². The number of fused-ring (bicyclic) bond motifs is 1. The van der Waals surface area contributed by atoms with Gasteiger partial charge in [0.2, 0.25) is 5.91 Å². The van der Waals surface area contributed by atoms with E-state index in [2.05, 4.69) is 10.3 Å². The topological polar surface area (TPSA) is 77.2 Å². The first-order valence-electron chi connectivity index (χ1n) is 6.67. The fourth-order valence-electron chi connectivity index (χ4n) is 1.74. The van der Waals surface area contributed by atoms with Crippen LogP contribution in [-0.2, 0) is 9.53 Å². The summed E-state index contributed by atoms with van der Waals surface area (Å²) in [5.74, 6) is 0.878. The number of hydrogen-bond acceptors (Lipinski definition) is 6. The highest BCUT2D eigenvalue weighted by molar-refractivity contribution is 8.00. The maximum absolute atomic E-state index is 12.1. The largest absolute Gasteiger partial charge is 0.399 e. The van der Waals surface area contributed by atoms with Crippen molar-refractivity contribution in [2.24, 2.45) is 0 Å². The molecule has 0 saturated carbocycles. The molecule has 0 fully saturated rings. The lowest BCUT2D eigenvalue weighted by molar-refractivity contribution is -0.115. The summed E-state index contributed by atoms with van der Waals surface area (Å²) < 4.78 is 5.97. The quantitative estimate of drug-likeness (QED) is 0.604. The lowest BCUT2D eigenvalue weighted by Crippen LogP contribution is -2.22. The minimum Gasteiger partial charge on any atom is -0.399 e. The molecule has 5 nitrogen and oxygen atoms in total. The van der Waals surface area contributed by atoms with E-state index in [1.165, 1.54) is 11.3 Å².